The first-order valence-corrected chi connectivity index (χ1v) is 6.71. The molecule has 0 bridgehead atoms. The average molecular weight is 330 g/mol. The highest BCUT2D eigenvalue weighted by Gasteiger charge is 2.08. The number of nitrogens with zero attached hydrogens (tertiary/aromatic N) is 1. The van der Waals surface area contributed by atoms with Gasteiger partial charge in [0.2, 0.25) is 0 Å². The molecular weight excluding hydrogens is 322 g/mol. The summed E-state index contributed by atoms with van der Waals surface area (Å²) < 4.78 is 13.3. The van der Waals surface area contributed by atoms with Crippen LogP contribution in [0.3, 0.4) is 0 Å². The number of benzene rings is 2. The van der Waals surface area contributed by atoms with E-state index in [1.54, 1.807) is 18.2 Å². The van der Waals surface area contributed by atoms with Crippen molar-refractivity contribution in [2.24, 2.45) is 0 Å². The summed E-state index contributed by atoms with van der Waals surface area (Å²) in [6.07, 6.45) is 0. The molecule has 0 aliphatic heterocycles. The van der Waals surface area contributed by atoms with Gasteiger partial charge in [-0.05, 0) is 35.9 Å². The van der Waals surface area contributed by atoms with Crippen molar-refractivity contribution >= 4 is 40.5 Å². The standard InChI is InChI=1S/C14H8Cl3FN2/c15-10-4-12(16)14(13(17)5-10)20-7-9-1-8(6-19)2-11(18)3-9/h1-5,20H,7H2. The van der Waals surface area contributed by atoms with E-state index < -0.39 is 5.82 Å². The van der Waals surface area contributed by atoms with Crippen molar-refractivity contribution in [2.45, 2.75) is 6.54 Å². The smallest absolute Gasteiger partial charge is 0.124 e. The van der Waals surface area contributed by atoms with E-state index in [0.717, 1.165) is 0 Å². The average Bonchev–Trinajstić information content (AvgIpc) is 2.36. The summed E-state index contributed by atoms with van der Waals surface area (Å²) in [6.45, 7) is 0.285. The van der Waals surface area contributed by atoms with Crippen LogP contribution in [0.4, 0.5) is 10.1 Å². The SMILES string of the molecule is N#Cc1cc(F)cc(CNc2c(Cl)cc(Cl)cc2Cl)c1. The second-order valence-electron chi connectivity index (χ2n) is 4.06. The van der Waals surface area contributed by atoms with Gasteiger partial charge >= 0.3 is 0 Å². The lowest BCUT2D eigenvalue weighted by atomic mass is 10.1. The molecule has 1 N–H and O–H groups in total. The summed E-state index contributed by atoms with van der Waals surface area (Å²) >= 11 is 17.9. The molecule has 20 heavy (non-hydrogen) atoms. The Balaban J connectivity index is 2.21. The number of hydrogen-bond acceptors (Lipinski definition) is 2. The number of rotatable bonds is 3. The van der Waals surface area contributed by atoms with Gasteiger partial charge in [-0.3, -0.25) is 0 Å². The van der Waals surface area contributed by atoms with Gasteiger partial charge in [-0.15, -0.1) is 0 Å². The topological polar surface area (TPSA) is 35.8 Å². The highest BCUT2D eigenvalue weighted by atomic mass is 35.5. The van der Waals surface area contributed by atoms with E-state index in [4.69, 9.17) is 40.1 Å². The molecule has 0 atom stereocenters. The predicted octanol–water partition coefficient (Wildman–Crippen LogP) is 5.27. The molecule has 0 radical (unpaired) electrons. The van der Waals surface area contributed by atoms with Gasteiger partial charge in [0.25, 0.3) is 0 Å². The molecule has 0 heterocycles. The van der Waals surface area contributed by atoms with Crippen LogP contribution in [0.15, 0.2) is 30.3 Å². The summed E-state index contributed by atoms with van der Waals surface area (Å²) in [6, 6.07) is 9.12. The van der Waals surface area contributed by atoms with E-state index in [9.17, 15) is 4.39 Å². The molecular formula is C14H8Cl3FN2. The Kier molecular flexibility index (Phi) is 4.72. The molecule has 2 rings (SSSR count). The predicted molar refractivity (Wildman–Crippen MR) is 79.9 cm³/mol. The quantitative estimate of drug-likeness (QED) is 0.832. The number of hydrogen-bond donors (Lipinski definition) is 1. The Morgan fingerprint density at radius 2 is 1.70 bits per heavy atom. The van der Waals surface area contributed by atoms with Gasteiger partial charge in [0.15, 0.2) is 0 Å². The van der Waals surface area contributed by atoms with Gasteiger partial charge in [0.1, 0.15) is 5.82 Å². The molecule has 0 saturated heterocycles. The van der Waals surface area contributed by atoms with Crippen molar-refractivity contribution in [3.8, 4) is 6.07 Å². The van der Waals surface area contributed by atoms with Gasteiger partial charge in [0.05, 0.1) is 27.4 Å². The van der Waals surface area contributed by atoms with Gasteiger partial charge in [-0.2, -0.15) is 5.26 Å². The molecule has 0 fully saturated rings. The fourth-order valence-electron chi connectivity index (χ4n) is 1.72. The lowest BCUT2D eigenvalue weighted by Crippen LogP contribution is -2.01. The zero-order chi connectivity index (χ0) is 14.7. The molecule has 0 unspecified atom stereocenters. The monoisotopic (exact) mass is 328 g/mol. The Morgan fingerprint density at radius 1 is 1.05 bits per heavy atom. The largest absolute Gasteiger partial charge is 0.379 e. The Labute approximate surface area is 130 Å². The van der Waals surface area contributed by atoms with Crippen LogP contribution in [0.2, 0.25) is 15.1 Å². The zero-order valence-electron chi connectivity index (χ0n) is 10.1. The van der Waals surface area contributed by atoms with Crippen LogP contribution in [-0.2, 0) is 6.54 Å². The van der Waals surface area contributed by atoms with Crippen molar-refractivity contribution < 1.29 is 4.39 Å². The van der Waals surface area contributed by atoms with Crippen molar-refractivity contribution in [3.63, 3.8) is 0 Å². The molecule has 2 aromatic rings. The van der Waals surface area contributed by atoms with Gasteiger partial charge in [-0.1, -0.05) is 34.8 Å². The number of halogens is 4. The van der Waals surface area contributed by atoms with Crippen LogP contribution >= 0.6 is 34.8 Å². The molecule has 0 spiro atoms. The van der Waals surface area contributed by atoms with E-state index in [1.165, 1.54) is 12.1 Å². The molecule has 0 aliphatic rings. The number of nitrogens with one attached hydrogen (secondary N) is 1. The Morgan fingerprint density at radius 3 is 2.30 bits per heavy atom. The first-order valence-electron chi connectivity index (χ1n) is 5.57. The Hall–Kier alpha value is -1.47. The fourth-order valence-corrected chi connectivity index (χ4v) is 2.67. The summed E-state index contributed by atoms with van der Waals surface area (Å²) in [7, 11) is 0. The minimum atomic E-state index is -0.464. The summed E-state index contributed by atoms with van der Waals surface area (Å²) in [5.74, 6) is -0.464. The van der Waals surface area contributed by atoms with Crippen LogP contribution in [-0.4, -0.2) is 0 Å². The summed E-state index contributed by atoms with van der Waals surface area (Å²) in [4.78, 5) is 0. The number of nitriles is 1. The lowest BCUT2D eigenvalue weighted by molar-refractivity contribution is 0.625. The normalized spacial score (nSPS) is 10.2. The lowest BCUT2D eigenvalue weighted by Gasteiger charge is -2.11. The molecule has 2 aromatic carbocycles. The highest BCUT2D eigenvalue weighted by molar-refractivity contribution is 6.41. The zero-order valence-corrected chi connectivity index (χ0v) is 12.3. The van der Waals surface area contributed by atoms with Gasteiger partial charge in [0, 0.05) is 11.6 Å². The fraction of sp³-hybridized carbons (Fsp3) is 0.0714. The van der Waals surface area contributed by atoms with Crippen LogP contribution in [0.1, 0.15) is 11.1 Å². The molecule has 0 amide bonds. The minimum Gasteiger partial charge on any atom is -0.379 e. The van der Waals surface area contributed by atoms with Gasteiger partial charge < -0.3 is 5.32 Å². The van der Waals surface area contributed by atoms with Crippen molar-refractivity contribution in [1.82, 2.24) is 0 Å². The molecule has 6 heteroatoms. The maximum absolute atomic E-state index is 13.3. The molecule has 102 valence electrons. The second-order valence-corrected chi connectivity index (χ2v) is 5.31. The third-order valence-electron chi connectivity index (χ3n) is 2.56. The van der Waals surface area contributed by atoms with E-state index in [2.05, 4.69) is 5.32 Å². The maximum atomic E-state index is 13.3. The molecule has 2 nitrogen and oxygen atoms in total. The third kappa shape index (κ3) is 3.55. The first kappa shape index (κ1) is 14.9. The van der Waals surface area contributed by atoms with Crippen molar-refractivity contribution in [1.29, 1.82) is 5.26 Å². The van der Waals surface area contributed by atoms with Crippen LogP contribution in [0, 0.1) is 17.1 Å². The summed E-state index contributed by atoms with van der Waals surface area (Å²) in [5, 5.41) is 13.0. The third-order valence-corrected chi connectivity index (χ3v) is 3.38. The molecule has 0 saturated carbocycles. The summed E-state index contributed by atoms with van der Waals surface area (Å²) in [5.41, 5.74) is 1.39. The second kappa shape index (κ2) is 6.32. The Bertz CT molecular complexity index is 672. The van der Waals surface area contributed by atoms with E-state index >= 15 is 0 Å². The van der Waals surface area contributed by atoms with Crippen molar-refractivity contribution in [2.75, 3.05) is 5.32 Å². The minimum absolute atomic E-state index is 0.259. The first-order chi connectivity index (χ1) is 9.49. The van der Waals surface area contributed by atoms with Crippen molar-refractivity contribution in [3.05, 3.63) is 62.3 Å². The van der Waals surface area contributed by atoms with Gasteiger partial charge in [-0.25, -0.2) is 4.39 Å². The van der Waals surface area contributed by atoms with Crippen LogP contribution in [0.25, 0.3) is 0 Å². The molecule has 0 aliphatic carbocycles. The van der Waals surface area contributed by atoms with E-state index in [1.807, 2.05) is 6.07 Å². The highest BCUT2D eigenvalue weighted by Crippen LogP contribution is 2.33. The van der Waals surface area contributed by atoms with E-state index in [0.29, 0.717) is 26.3 Å². The number of anilines is 1. The molecule has 0 aromatic heterocycles. The van der Waals surface area contributed by atoms with Crippen LogP contribution < -0.4 is 5.32 Å². The maximum Gasteiger partial charge on any atom is 0.124 e. The van der Waals surface area contributed by atoms with Crippen LogP contribution in [0.5, 0.6) is 0 Å². The van der Waals surface area contributed by atoms with E-state index in [-0.39, 0.29) is 12.1 Å².